The van der Waals surface area contributed by atoms with Crippen LogP contribution in [-0.2, 0) is 20.0 Å². The lowest BCUT2D eigenvalue weighted by Gasteiger charge is -2.33. The number of nitrogens with one attached hydrogen (secondary N) is 1. The van der Waals surface area contributed by atoms with Gasteiger partial charge in [-0.15, -0.1) is 0 Å². The number of likely N-dealkylation sites (tertiary alicyclic amines) is 1. The lowest BCUT2D eigenvalue weighted by molar-refractivity contribution is 0.162. The van der Waals surface area contributed by atoms with Crippen LogP contribution in [0.5, 0.6) is 0 Å². The first-order valence-electron chi connectivity index (χ1n) is 8.33. The SMILES string of the molecule is CCc1nn(C)c(CN2CCCC(CNC3CC3)C2)c1Cl. The molecular formula is C16H27ClN4. The van der Waals surface area contributed by atoms with Gasteiger partial charge in [0.2, 0.25) is 0 Å². The summed E-state index contributed by atoms with van der Waals surface area (Å²) in [6.07, 6.45) is 6.31. The molecule has 0 radical (unpaired) electrons. The Morgan fingerprint density at radius 2 is 2.14 bits per heavy atom. The average Bonchev–Trinajstić information content (AvgIpc) is 3.28. The third-order valence-electron chi connectivity index (χ3n) is 4.75. The Balaban J connectivity index is 1.57. The minimum atomic E-state index is 0.789. The summed E-state index contributed by atoms with van der Waals surface area (Å²) in [6.45, 7) is 6.59. The van der Waals surface area contributed by atoms with Gasteiger partial charge in [-0.25, -0.2) is 0 Å². The van der Waals surface area contributed by atoms with Gasteiger partial charge < -0.3 is 5.32 Å². The first-order valence-corrected chi connectivity index (χ1v) is 8.71. The molecule has 1 aromatic heterocycles. The standard InChI is InChI=1S/C16H27ClN4/c1-3-14-16(17)15(20(2)19-14)11-21-8-4-5-12(10-21)9-18-13-6-7-13/h12-13,18H,3-11H2,1-2H3. The Bertz CT molecular complexity index is 481. The van der Waals surface area contributed by atoms with Crippen molar-refractivity contribution in [2.24, 2.45) is 13.0 Å². The summed E-state index contributed by atoms with van der Waals surface area (Å²) >= 11 is 6.47. The third-order valence-corrected chi connectivity index (χ3v) is 5.19. The highest BCUT2D eigenvalue weighted by molar-refractivity contribution is 6.31. The van der Waals surface area contributed by atoms with Crippen molar-refractivity contribution in [2.75, 3.05) is 19.6 Å². The number of hydrogen-bond acceptors (Lipinski definition) is 3. The zero-order valence-corrected chi connectivity index (χ0v) is 14.0. The van der Waals surface area contributed by atoms with Crippen LogP contribution in [0.1, 0.15) is 44.0 Å². The number of piperidine rings is 1. The fraction of sp³-hybridized carbons (Fsp3) is 0.812. The molecule has 0 spiro atoms. The molecule has 118 valence electrons. The topological polar surface area (TPSA) is 33.1 Å². The molecule has 1 N–H and O–H groups in total. The maximum Gasteiger partial charge on any atom is 0.0863 e. The first-order chi connectivity index (χ1) is 10.2. The van der Waals surface area contributed by atoms with Crippen LogP contribution in [0, 0.1) is 5.92 Å². The number of halogens is 1. The van der Waals surface area contributed by atoms with Gasteiger partial charge in [0.25, 0.3) is 0 Å². The van der Waals surface area contributed by atoms with E-state index in [1.165, 1.54) is 51.0 Å². The van der Waals surface area contributed by atoms with Gasteiger partial charge >= 0.3 is 0 Å². The molecule has 1 saturated carbocycles. The highest BCUT2D eigenvalue weighted by Gasteiger charge is 2.25. The molecule has 1 aliphatic heterocycles. The molecule has 0 bridgehead atoms. The third kappa shape index (κ3) is 3.79. The normalized spacial score (nSPS) is 23.7. The monoisotopic (exact) mass is 310 g/mol. The molecule has 1 saturated heterocycles. The van der Waals surface area contributed by atoms with E-state index in [2.05, 4.69) is 22.2 Å². The van der Waals surface area contributed by atoms with Gasteiger partial charge in [-0.05, 0) is 51.1 Å². The van der Waals surface area contributed by atoms with E-state index in [4.69, 9.17) is 11.6 Å². The van der Waals surface area contributed by atoms with Gasteiger partial charge in [-0.3, -0.25) is 9.58 Å². The summed E-state index contributed by atoms with van der Waals surface area (Å²) in [6, 6.07) is 0.819. The van der Waals surface area contributed by atoms with Crippen LogP contribution in [0.25, 0.3) is 0 Å². The fourth-order valence-electron chi connectivity index (χ4n) is 3.29. The molecule has 1 aliphatic carbocycles. The summed E-state index contributed by atoms with van der Waals surface area (Å²) in [5.41, 5.74) is 2.20. The zero-order chi connectivity index (χ0) is 14.8. The largest absolute Gasteiger partial charge is 0.314 e. The summed E-state index contributed by atoms with van der Waals surface area (Å²) in [5, 5.41) is 9.08. The molecule has 21 heavy (non-hydrogen) atoms. The van der Waals surface area contributed by atoms with Crippen LogP contribution in [0.15, 0.2) is 0 Å². The summed E-state index contributed by atoms with van der Waals surface area (Å²) < 4.78 is 1.97. The Morgan fingerprint density at radius 3 is 2.81 bits per heavy atom. The van der Waals surface area contributed by atoms with Gasteiger partial charge in [0.05, 0.1) is 16.4 Å². The van der Waals surface area contributed by atoms with Crippen LogP contribution in [0.2, 0.25) is 5.02 Å². The van der Waals surface area contributed by atoms with E-state index >= 15 is 0 Å². The minimum absolute atomic E-state index is 0.789. The molecule has 0 aromatic carbocycles. The maximum absolute atomic E-state index is 6.47. The van der Waals surface area contributed by atoms with Crippen molar-refractivity contribution in [3.8, 4) is 0 Å². The van der Waals surface area contributed by atoms with E-state index in [0.717, 1.165) is 35.6 Å². The lowest BCUT2D eigenvalue weighted by Crippen LogP contribution is -2.40. The van der Waals surface area contributed by atoms with Gasteiger partial charge in [0.15, 0.2) is 0 Å². The predicted molar refractivity (Wildman–Crippen MR) is 86.6 cm³/mol. The summed E-state index contributed by atoms with van der Waals surface area (Å²) in [5.74, 6) is 0.789. The van der Waals surface area contributed by atoms with Crippen molar-refractivity contribution in [3.05, 3.63) is 16.4 Å². The number of aromatic nitrogens is 2. The van der Waals surface area contributed by atoms with E-state index in [-0.39, 0.29) is 0 Å². The average molecular weight is 311 g/mol. The van der Waals surface area contributed by atoms with Crippen molar-refractivity contribution in [2.45, 2.75) is 51.6 Å². The van der Waals surface area contributed by atoms with E-state index < -0.39 is 0 Å². The summed E-state index contributed by atoms with van der Waals surface area (Å²) in [7, 11) is 2.01. The Hall–Kier alpha value is -0.580. The zero-order valence-electron chi connectivity index (χ0n) is 13.2. The van der Waals surface area contributed by atoms with Gasteiger partial charge in [-0.1, -0.05) is 18.5 Å². The van der Waals surface area contributed by atoms with Crippen molar-refractivity contribution in [1.29, 1.82) is 0 Å². The second-order valence-corrected chi connectivity index (χ2v) is 6.99. The highest BCUT2D eigenvalue weighted by atomic mass is 35.5. The second-order valence-electron chi connectivity index (χ2n) is 6.61. The minimum Gasteiger partial charge on any atom is -0.314 e. The Kier molecular flexibility index (Phi) is 4.87. The van der Waals surface area contributed by atoms with Crippen LogP contribution < -0.4 is 5.32 Å². The van der Waals surface area contributed by atoms with Crippen molar-refractivity contribution in [1.82, 2.24) is 20.0 Å². The van der Waals surface area contributed by atoms with E-state index in [1.807, 2.05) is 11.7 Å². The molecule has 2 aliphatic rings. The first kappa shape index (κ1) is 15.3. The Morgan fingerprint density at radius 1 is 1.33 bits per heavy atom. The lowest BCUT2D eigenvalue weighted by atomic mass is 9.98. The van der Waals surface area contributed by atoms with E-state index in [1.54, 1.807) is 0 Å². The van der Waals surface area contributed by atoms with Crippen LogP contribution >= 0.6 is 11.6 Å². The molecule has 1 aromatic rings. The number of aryl methyl sites for hydroxylation is 2. The predicted octanol–water partition coefficient (Wildman–Crippen LogP) is 2.60. The van der Waals surface area contributed by atoms with Gasteiger partial charge in [0.1, 0.15) is 0 Å². The fourth-order valence-corrected chi connectivity index (χ4v) is 3.64. The quantitative estimate of drug-likeness (QED) is 0.877. The van der Waals surface area contributed by atoms with E-state index in [9.17, 15) is 0 Å². The molecule has 2 fully saturated rings. The van der Waals surface area contributed by atoms with Crippen LogP contribution in [0.4, 0.5) is 0 Å². The number of hydrogen-bond donors (Lipinski definition) is 1. The van der Waals surface area contributed by atoms with Crippen molar-refractivity contribution in [3.63, 3.8) is 0 Å². The number of nitrogens with zero attached hydrogens (tertiary/aromatic N) is 3. The smallest absolute Gasteiger partial charge is 0.0863 e. The molecular weight excluding hydrogens is 284 g/mol. The molecule has 4 nitrogen and oxygen atoms in total. The van der Waals surface area contributed by atoms with Gasteiger partial charge in [0, 0.05) is 26.2 Å². The molecule has 5 heteroatoms. The Labute approximate surface area is 132 Å². The molecule has 3 rings (SSSR count). The van der Waals surface area contributed by atoms with Crippen molar-refractivity contribution < 1.29 is 0 Å². The molecule has 1 unspecified atom stereocenters. The second kappa shape index (κ2) is 6.67. The van der Waals surface area contributed by atoms with Crippen LogP contribution in [0.3, 0.4) is 0 Å². The van der Waals surface area contributed by atoms with E-state index in [0.29, 0.717) is 0 Å². The number of rotatable bonds is 6. The van der Waals surface area contributed by atoms with Crippen molar-refractivity contribution >= 4 is 11.6 Å². The molecule has 0 amide bonds. The van der Waals surface area contributed by atoms with Gasteiger partial charge in [-0.2, -0.15) is 5.10 Å². The summed E-state index contributed by atoms with van der Waals surface area (Å²) in [4.78, 5) is 2.55. The molecule has 1 atom stereocenters. The molecule has 2 heterocycles. The highest BCUT2D eigenvalue weighted by Crippen LogP contribution is 2.25. The van der Waals surface area contributed by atoms with Crippen LogP contribution in [-0.4, -0.2) is 40.4 Å². The maximum atomic E-state index is 6.47.